The largest absolute Gasteiger partial charge is 0.395 e. The molecule has 1 aliphatic rings. The van der Waals surface area contributed by atoms with Gasteiger partial charge in [-0.2, -0.15) is 0 Å². The zero-order chi connectivity index (χ0) is 15.1. The number of nitrogens with one attached hydrogen (secondary N) is 1. The number of amides is 1. The van der Waals surface area contributed by atoms with E-state index in [1.165, 1.54) is 12.1 Å². The number of carbonyl (C=O) groups is 1. The van der Waals surface area contributed by atoms with E-state index in [0.717, 1.165) is 0 Å². The summed E-state index contributed by atoms with van der Waals surface area (Å²) in [5.41, 5.74) is 0.554. The summed E-state index contributed by atoms with van der Waals surface area (Å²) in [5, 5.41) is 11.2. The number of aliphatic hydroxyl groups is 1. The van der Waals surface area contributed by atoms with Crippen molar-refractivity contribution in [3.8, 4) is 11.8 Å². The van der Waals surface area contributed by atoms with Crippen LogP contribution in [-0.4, -0.2) is 43.5 Å². The van der Waals surface area contributed by atoms with Gasteiger partial charge in [-0.15, -0.1) is 0 Å². The maximum atomic E-state index is 13.8. The molecule has 112 valence electrons. The lowest BCUT2D eigenvalue weighted by molar-refractivity contribution is -0.142. The molecule has 5 nitrogen and oxygen atoms in total. The lowest BCUT2D eigenvalue weighted by atomic mass is 10.2. The molecule has 1 aromatic rings. The van der Waals surface area contributed by atoms with Crippen molar-refractivity contribution in [2.45, 2.75) is 12.5 Å². The number of benzene rings is 1. The van der Waals surface area contributed by atoms with Gasteiger partial charge >= 0.3 is 0 Å². The van der Waals surface area contributed by atoms with E-state index >= 15 is 0 Å². The van der Waals surface area contributed by atoms with Gasteiger partial charge < -0.3 is 19.9 Å². The van der Waals surface area contributed by atoms with E-state index in [0.29, 0.717) is 18.9 Å². The second-order valence-corrected chi connectivity index (χ2v) is 4.39. The van der Waals surface area contributed by atoms with E-state index in [4.69, 9.17) is 14.6 Å². The fourth-order valence-corrected chi connectivity index (χ4v) is 1.77. The van der Waals surface area contributed by atoms with Crippen molar-refractivity contribution < 1.29 is 23.8 Å². The topological polar surface area (TPSA) is 67.8 Å². The third-order valence-corrected chi connectivity index (χ3v) is 2.80. The average Bonchev–Trinajstić information content (AvgIpc) is 2.50. The van der Waals surface area contributed by atoms with Crippen LogP contribution in [0.1, 0.15) is 12.0 Å². The summed E-state index contributed by atoms with van der Waals surface area (Å²) in [6.07, 6.45) is -0.387. The molecular weight excluding hydrogens is 277 g/mol. The first-order chi connectivity index (χ1) is 10.2. The first-order valence-electron chi connectivity index (χ1n) is 6.60. The van der Waals surface area contributed by atoms with E-state index in [1.807, 2.05) is 0 Å². The second-order valence-electron chi connectivity index (χ2n) is 4.39. The molecule has 0 radical (unpaired) electrons. The van der Waals surface area contributed by atoms with E-state index in [9.17, 15) is 9.18 Å². The van der Waals surface area contributed by atoms with Crippen LogP contribution in [0, 0.1) is 17.7 Å². The molecular formula is C15H16FNO4. The predicted molar refractivity (Wildman–Crippen MR) is 74.2 cm³/mol. The zero-order valence-corrected chi connectivity index (χ0v) is 11.4. The van der Waals surface area contributed by atoms with Crippen LogP contribution in [-0.2, 0) is 14.3 Å². The normalized spacial score (nSPS) is 17.7. The molecule has 0 bridgehead atoms. The first kappa shape index (κ1) is 15.4. The standard InChI is InChI=1S/C15H16FNO4/c16-13-9-12(5-4-11(13)3-1-2-6-18)17-15(19)14-10-20-7-8-21-14/h4-5,9,14,18H,2,6-8,10H2,(H,17,19). The third-order valence-electron chi connectivity index (χ3n) is 2.80. The predicted octanol–water partition coefficient (Wildman–Crippen LogP) is 0.913. The number of hydrogen-bond acceptors (Lipinski definition) is 4. The van der Waals surface area contributed by atoms with Crippen molar-refractivity contribution >= 4 is 11.6 Å². The van der Waals surface area contributed by atoms with Crippen LogP contribution in [0.15, 0.2) is 18.2 Å². The molecule has 2 rings (SSSR count). The highest BCUT2D eigenvalue weighted by molar-refractivity contribution is 5.94. The van der Waals surface area contributed by atoms with Crippen LogP contribution in [0.4, 0.5) is 10.1 Å². The summed E-state index contributed by atoms with van der Waals surface area (Å²) < 4.78 is 24.2. The van der Waals surface area contributed by atoms with Gasteiger partial charge in [0.15, 0.2) is 6.10 Å². The van der Waals surface area contributed by atoms with Gasteiger partial charge in [-0.05, 0) is 18.2 Å². The van der Waals surface area contributed by atoms with Crippen molar-refractivity contribution in [2.24, 2.45) is 0 Å². The summed E-state index contributed by atoms with van der Waals surface area (Å²) >= 11 is 0. The van der Waals surface area contributed by atoms with Gasteiger partial charge in [0.2, 0.25) is 0 Å². The summed E-state index contributed by atoms with van der Waals surface area (Å²) in [4.78, 5) is 11.9. The molecule has 0 aliphatic carbocycles. The molecule has 1 atom stereocenters. The van der Waals surface area contributed by atoms with Gasteiger partial charge in [0.1, 0.15) is 5.82 Å². The lowest BCUT2D eigenvalue weighted by Crippen LogP contribution is -2.39. The monoisotopic (exact) mass is 293 g/mol. The van der Waals surface area contributed by atoms with E-state index in [1.54, 1.807) is 6.07 Å². The molecule has 6 heteroatoms. The number of carbonyl (C=O) groups excluding carboxylic acids is 1. The molecule has 21 heavy (non-hydrogen) atoms. The lowest BCUT2D eigenvalue weighted by Gasteiger charge is -2.22. The molecule has 0 aromatic heterocycles. The number of rotatable bonds is 3. The van der Waals surface area contributed by atoms with Crippen LogP contribution in [0.25, 0.3) is 0 Å². The van der Waals surface area contributed by atoms with Crippen LogP contribution in [0.2, 0.25) is 0 Å². The third kappa shape index (κ3) is 4.53. The number of anilines is 1. The Morgan fingerprint density at radius 3 is 3.00 bits per heavy atom. The van der Waals surface area contributed by atoms with Crippen LogP contribution in [0.3, 0.4) is 0 Å². The van der Waals surface area contributed by atoms with Gasteiger partial charge in [0.05, 0.1) is 32.0 Å². The fraction of sp³-hybridized carbons (Fsp3) is 0.400. The van der Waals surface area contributed by atoms with Crippen molar-refractivity contribution in [3.63, 3.8) is 0 Å². The van der Waals surface area contributed by atoms with Crippen molar-refractivity contribution in [1.29, 1.82) is 0 Å². The van der Waals surface area contributed by atoms with E-state index in [2.05, 4.69) is 17.2 Å². The van der Waals surface area contributed by atoms with Gasteiger partial charge in [-0.1, -0.05) is 11.8 Å². The Morgan fingerprint density at radius 2 is 2.33 bits per heavy atom. The zero-order valence-electron chi connectivity index (χ0n) is 11.4. The first-order valence-corrected chi connectivity index (χ1v) is 6.60. The Morgan fingerprint density at radius 1 is 1.48 bits per heavy atom. The highest BCUT2D eigenvalue weighted by atomic mass is 19.1. The highest BCUT2D eigenvalue weighted by Crippen LogP contribution is 2.15. The molecule has 1 unspecified atom stereocenters. The van der Waals surface area contributed by atoms with Crippen LogP contribution in [0.5, 0.6) is 0 Å². The minimum absolute atomic E-state index is 0.0633. The number of halogens is 1. The van der Waals surface area contributed by atoms with Gasteiger partial charge in [-0.25, -0.2) is 4.39 Å². The molecule has 1 amide bonds. The Labute approximate surface area is 122 Å². The number of aliphatic hydroxyl groups excluding tert-OH is 1. The number of hydrogen-bond donors (Lipinski definition) is 2. The van der Waals surface area contributed by atoms with Crippen LogP contribution >= 0.6 is 0 Å². The Balaban J connectivity index is 1.99. The maximum absolute atomic E-state index is 13.8. The van der Waals surface area contributed by atoms with Gasteiger partial charge in [-0.3, -0.25) is 4.79 Å². The molecule has 0 saturated carbocycles. The molecule has 1 heterocycles. The number of ether oxygens (including phenoxy) is 2. The summed E-state index contributed by atoms with van der Waals surface area (Å²) in [7, 11) is 0. The quantitative estimate of drug-likeness (QED) is 0.813. The van der Waals surface area contributed by atoms with Crippen molar-refractivity contribution in [3.05, 3.63) is 29.6 Å². The molecule has 1 aromatic carbocycles. The van der Waals surface area contributed by atoms with E-state index < -0.39 is 11.9 Å². The summed E-state index contributed by atoms with van der Waals surface area (Å²) in [6.45, 7) is 0.969. The molecule has 1 fully saturated rings. The fourth-order valence-electron chi connectivity index (χ4n) is 1.77. The summed E-state index contributed by atoms with van der Waals surface area (Å²) in [6, 6.07) is 4.24. The summed E-state index contributed by atoms with van der Waals surface area (Å²) in [5.74, 6) is 4.36. The molecule has 1 saturated heterocycles. The Bertz CT molecular complexity index is 559. The van der Waals surface area contributed by atoms with Gasteiger partial charge in [0, 0.05) is 12.1 Å². The Hall–Kier alpha value is -1.94. The van der Waals surface area contributed by atoms with Crippen molar-refractivity contribution in [1.82, 2.24) is 0 Å². The second kappa shape index (κ2) is 7.74. The maximum Gasteiger partial charge on any atom is 0.255 e. The SMILES string of the molecule is O=C(Nc1ccc(C#CCCO)c(F)c1)C1COCCO1. The minimum Gasteiger partial charge on any atom is -0.395 e. The molecule has 0 spiro atoms. The average molecular weight is 293 g/mol. The van der Waals surface area contributed by atoms with E-state index in [-0.39, 0.29) is 31.1 Å². The molecule has 2 N–H and O–H groups in total. The van der Waals surface area contributed by atoms with Crippen LogP contribution < -0.4 is 5.32 Å². The minimum atomic E-state index is -0.675. The Kier molecular flexibility index (Phi) is 5.69. The van der Waals surface area contributed by atoms with Gasteiger partial charge in [0.25, 0.3) is 5.91 Å². The smallest absolute Gasteiger partial charge is 0.255 e. The highest BCUT2D eigenvalue weighted by Gasteiger charge is 2.22. The molecule has 1 aliphatic heterocycles. The van der Waals surface area contributed by atoms with Crippen molar-refractivity contribution in [2.75, 3.05) is 31.7 Å².